The van der Waals surface area contributed by atoms with Crippen LogP contribution in [0.3, 0.4) is 0 Å². The summed E-state index contributed by atoms with van der Waals surface area (Å²) in [4.78, 5) is 0. The van der Waals surface area contributed by atoms with Crippen LogP contribution in [0.1, 0.15) is 40.0 Å². The van der Waals surface area contributed by atoms with Crippen molar-refractivity contribution in [2.24, 2.45) is 17.8 Å². The van der Waals surface area contributed by atoms with E-state index in [0.29, 0.717) is 5.92 Å². The maximum Gasteiger partial charge on any atom is 0.0830 e. The summed E-state index contributed by atoms with van der Waals surface area (Å²) < 4.78 is 0. The van der Waals surface area contributed by atoms with Gasteiger partial charge in [-0.05, 0) is 31.6 Å². The van der Waals surface area contributed by atoms with Gasteiger partial charge in [0.05, 0.1) is 17.6 Å². The summed E-state index contributed by atoms with van der Waals surface area (Å²) in [5.41, 5.74) is -0.744. The third-order valence-electron chi connectivity index (χ3n) is 3.56. The fourth-order valence-corrected chi connectivity index (χ4v) is 2.36. The molecule has 74 valence electrons. The molecule has 2 heteroatoms. The molecule has 4 unspecified atom stereocenters. The molecule has 0 bridgehead atoms. The van der Waals surface area contributed by atoms with E-state index in [2.05, 4.69) is 19.9 Å². The predicted molar refractivity (Wildman–Crippen MR) is 51.9 cm³/mol. The molecule has 0 aromatic carbocycles. The Morgan fingerprint density at radius 3 is 2.62 bits per heavy atom. The van der Waals surface area contributed by atoms with Gasteiger partial charge in [-0.2, -0.15) is 5.26 Å². The SMILES string of the molecule is CC1CCC(C)C(O)(C(C)C#N)C1. The summed E-state index contributed by atoms with van der Waals surface area (Å²) in [5.74, 6) is 0.570. The summed E-state index contributed by atoms with van der Waals surface area (Å²) in [6.45, 7) is 6.04. The lowest BCUT2D eigenvalue weighted by Crippen LogP contribution is -2.46. The van der Waals surface area contributed by atoms with E-state index in [1.54, 1.807) is 0 Å². The highest BCUT2D eigenvalue weighted by Crippen LogP contribution is 2.41. The second-order valence-electron chi connectivity index (χ2n) is 4.63. The van der Waals surface area contributed by atoms with E-state index in [1.807, 2.05) is 6.92 Å². The molecule has 1 saturated carbocycles. The van der Waals surface area contributed by atoms with Crippen LogP contribution in [0.2, 0.25) is 0 Å². The Balaban J connectivity index is 2.79. The smallest absolute Gasteiger partial charge is 0.0830 e. The van der Waals surface area contributed by atoms with E-state index in [9.17, 15) is 5.11 Å². The van der Waals surface area contributed by atoms with Gasteiger partial charge in [0.2, 0.25) is 0 Å². The molecule has 1 rings (SSSR count). The first-order valence-electron chi connectivity index (χ1n) is 5.12. The monoisotopic (exact) mass is 181 g/mol. The highest BCUT2D eigenvalue weighted by Gasteiger charge is 2.43. The summed E-state index contributed by atoms with van der Waals surface area (Å²) in [5, 5.41) is 19.2. The molecule has 13 heavy (non-hydrogen) atoms. The summed E-state index contributed by atoms with van der Waals surface area (Å²) >= 11 is 0. The molecule has 0 aromatic heterocycles. The highest BCUT2D eigenvalue weighted by molar-refractivity contribution is 5.01. The number of nitrogens with zero attached hydrogens (tertiary/aromatic N) is 1. The van der Waals surface area contributed by atoms with E-state index >= 15 is 0 Å². The van der Waals surface area contributed by atoms with Crippen LogP contribution in [0.15, 0.2) is 0 Å². The fourth-order valence-electron chi connectivity index (χ4n) is 2.36. The van der Waals surface area contributed by atoms with Crippen molar-refractivity contribution >= 4 is 0 Å². The van der Waals surface area contributed by atoms with Gasteiger partial charge >= 0.3 is 0 Å². The number of hydrogen-bond donors (Lipinski definition) is 1. The van der Waals surface area contributed by atoms with Crippen LogP contribution in [0.4, 0.5) is 0 Å². The van der Waals surface area contributed by atoms with Gasteiger partial charge in [0.25, 0.3) is 0 Å². The second kappa shape index (κ2) is 3.67. The summed E-state index contributed by atoms with van der Waals surface area (Å²) in [6.07, 6.45) is 3.01. The Morgan fingerprint density at radius 2 is 2.08 bits per heavy atom. The molecular formula is C11H19NO. The van der Waals surface area contributed by atoms with Crippen LogP contribution in [-0.4, -0.2) is 10.7 Å². The van der Waals surface area contributed by atoms with E-state index in [-0.39, 0.29) is 11.8 Å². The van der Waals surface area contributed by atoms with Crippen molar-refractivity contribution in [3.05, 3.63) is 0 Å². The molecule has 0 heterocycles. The molecule has 0 aromatic rings. The average Bonchev–Trinajstić information content (AvgIpc) is 2.10. The minimum atomic E-state index is -0.744. The first-order chi connectivity index (χ1) is 6.00. The minimum absolute atomic E-state index is 0.245. The lowest BCUT2D eigenvalue weighted by molar-refractivity contribution is -0.0815. The van der Waals surface area contributed by atoms with Gasteiger partial charge in [0.1, 0.15) is 0 Å². The summed E-state index contributed by atoms with van der Waals surface area (Å²) in [6, 6.07) is 2.18. The van der Waals surface area contributed by atoms with Gasteiger partial charge in [0.15, 0.2) is 0 Å². The first-order valence-corrected chi connectivity index (χ1v) is 5.12. The van der Waals surface area contributed by atoms with Crippen LogP contribution in [-0.2, 0) is 0 Å². The number of hydrogen-bond acceptors (Lipinski definition) is 2. The van der Waals surface area contributed by atoms with Crippen LogP contribution >= 0.6 is 0 Å². The molecule has 2 nitrogen and oxygen atoms in total. The maximum atomic E-state index is 10.4. The quantitative estimate of drug-likeness (QED) is 0.674. The molecule has 0 amide bonds. The molecule has 0 radical (unpaired) electrons. The van der Waals surface area contributed by atoms with Crippen molar-refractivity contribution in [3.8, 4) is 6.07 Å². The largest absolute Gasteiger partial charge is 0.388 e. The molecule has 1 fully saturated rings. The van der Waals surface area contributed by atoms with Crippen molar-refractivity contribution < 1.29 is 5.11 Å². The zero-order chi connectivity index (χ0) is 10.1. The second-order valence-corrected chi connectivity index (χ2v) is 4.63. The lowest BCUT2D eigenvalue weighted by Gasteiger charge is -2.42. The van der Waals surface area contributed by atoms with Crippen molar-refractivity contribution in [1.29, 1.82) is 5.26 Å². The Labute approximate surface area is 80.6 Å². The molecule has 1 aliphatic rings. The maximum absolute atomic E-state index is 10.4. The zero-order valence-corrected chi connectivity index (χ0v) is 8.75. The van der Waals surface area contributed by atoms with Gasteiger partial charge in [0, 0.05) is 0 Å². The van der Waals surface area contributed by atoms with E-state index in [0.717, 1.165) is 12.8 Å². The number of aliphatic hydroxyl groups is 1. The van der Waals surface area contributed by atoms with Crippen molar-refractivity contribution in [2.45, 2.75) is 45.6 Å². The van der Waals surface area contributed by atoms with Crippen LogP contribution < -0.4 is 0 Å². The average molecular weight is 181 g/mol. The fraction of sp³-hybridized carbons (Fsp3) is 0.909. The first kappa shape index (κ1) is 10.5. The number of rotatable bonds is 1. The molecule has 4 atom stereocenters. The highest BCUT2D eigenvalue weighted by atomic mass is 16.3. The van der Waals surface area contributed by atoms with Crippen LogP contribution in [0.5, 0.6) is 0 Å². The Morgan fingerprint density at radius 1 is 1.46 bits per heavy atom. The Kier molecular flexibility index (Phi) is 2.98. The van der Waals surface area contributed by atoms with Crippen molar-refractivity contribution in [1.82, 2.24) is 0 Å². The molecular weight excluding hydrogens is 162 g/mol. The van der Waals surface area contributed by atoms with Gasteiger partial charge in [-0.25, -0.2) is 0 Å². The van der Waals surface area contributed by atoms with Crippen molar-refractivity contribution in [3.63, 3.8) is 0 Å². The number of nitriles is 1. The minimum Gasteiger partial charge on any atom is -0.388 e. The predicted octanol–water partition coefficient (Wildman–Crippen LogP) is 2.33. The standard InChI is InChI=1S/C11H19NO/c1-8-4-5-9(2)11(13,6-8)10(3)7-12/h8-10,13H,4-6H2,1-3H3. The van der Waals surface area contributed by atoms with Crippen molar-refractivity contribution in [2.75, 3.05) is 0 Å². The molecule has 1 N–H and O–H groups in total. The Hall–Kier alpha value is -0.550. The van der Waals surface area contributed by atoms with Gasteiger partial charge in [-0.15, -0.1) is 0 Å². The van der Waals surface area contributed by atoms with E-state index in [1.165, 1.54) is 6.42 Å². The molecule has 0 saturated heterocycles. The van der Waals surface area contributed by atoms with Gasteiger partial charge in [-0.3, -0.25) is 0 Å². The van der Waals surface area contributed by atoms with E-state index < -0.39 is 5.60 Å². The van der Waals surface area contributed by atoms with Gasteiger partial charge < -0.3 is 5.11 Å². The molecule has 0 aliphatic heterocycles. The third kappa shape index (κ3) is 1.86. The zero-order valence-electron chi connectivity index (χ0n) is 8.75. The van der Waals surface area contributed by atoms with Gasteiger partial charge in [-0.1, -0.05) is 20.3 Å². The summed E-state index contributed by atoms with van der Waals surface area (Å²) in [7, 11) is 0. The van der Waals surface area contributed by atoms with E-state index in [4.69, 9.17) is 5.26 Å². The third-order valence-corrected chi connectivity index (χ3v) is 3.56. The molecule has 1 aliphatic carbocycles. The van der Waals surface area contributed by atoms with Crippen LogP contribution in [0.25, 0.3) is 0 Å². The topological polar surface area (TPSA) is 44.0 Å². The van der Waals surface area contributed by atoms with Crippen LogP contribution in [0, 0.1) is 29.1 Å². The Bertz CT molecular complexity index is 221. The lowest BCUT2D eigenvalue weighted by atomic mass is 9.67. The normalized spacial score (nSPS) is 42.4. The molecule has 0 spiro atoms.